The molecule has 1 aromatic carbocycles. The van der Waals surface area contributed by atoms with E-state index in [1.54, 1.807) is 12.1 Å². The van der Waals surface area contributed by atoms with Crippen LogP contribution in [0.5, 0.6) is 5.75 Å². The van der Waals surface area contributed by atoms with E-state index in [4.69, 9.17) is 37.9 Å². The lowest BCUT2D eigenvalue weighted by molar-refractivity contribution is -0.342. The molecule has 55 heavy (non-hydrogen) atoms. The van der Waals surface area contributed by atoms with Crippen LogP contribution in [0.25, 0.3) is 0 Å². The summed E-state index contributed by atoms with van der Waals surface area (Å²) in [6.07, 6.45) is -8.30. The van der Waals surface area contributed by atoms with Gasteiger partial charge in [-0.25, -0.2) is 4.79 Å². The Labute approximate surface area is 316 Å². The Hall–Kier alpha value is -5.13. The van der Waals surface area contributed by atoms with Crippen LogP contribution in [-0.2, 0) is 77.9 Å². The molecule has 17 heteroatoms. The van der Waals surface area contributed by atoms with Crippen molar-refractivity contribution in [2.45, 2.75) is 115 Å². The molecule has 1 aromatic rings. The summed E-state index contributed by atoms with van der Waals surface area (Å²) in [7, 11) is 0. The number of cyclic esters (lactones) is 1. The van der Waals surface area contributed by atoms with Gasteiger partial charge in [0.1, 0.15) is 36.1 Å². The van der Waals surface area contributed by atoms with E-state index in [1.165, 1.54) is 18.2 Å². The molecule has 4 rings (SSSR count). The molecule has 0 bridgehead atoms. The van der Waals surface area contributed by atoms with E-state index in [0.29, 0.717) is 6.42 Å². The molecule has 0 unspecified atom stereocenters. The van der Waals surface area contributed by atoms with Gasteiger partial charge in [-0.1, -0.05) is 18.2 Å². The van der Waals surface area contributed by atoms with E-state index >= 15 is 0 Å². The molecule has 300 valence electrons. The van der Waals surface area contributed by atoms with Crippen molar-refractivity contribution in [1.82, 2.24) is 0 Å². The number of benzene rings is 1. The average Bonchev–Trinajstić information content (AvgIpc) is 3.08. The first-order valence-corrected chi connectivity index (χ1v) is 17.7. The number of aromatic hydroxyl groups is 1. The monoisotopic (exact) mass is 774 g/mol. The third-order valence-corrected chi connectivity index (χ3v) is 9.03. The molecule has 2 N–H and O–H groups in total. The highest BCUT2D eigenvalue weighted by atomic mass is 16.8. The Kier molecular flexibility index (Phi) is 15.1. The summed E-state index contributed by atoms with van der Waals surface area (Å²) in [6.45, 7) is 7.78. The topological polar surface area (TPSA) is 234 Å². The number of carbonyl (C=O) groups excluding carboxylic acids is 7. The molecule has 0 aliphatic carbocycles. The molecule has 0 amide bonds. The third kappa shape index (κ3) is 12.2. The number of hydrogen-bond donors (Lipinski definition) is 2. The maximum Gasteiger partial charge on any atom is 0.337 e. The van der Waals surface area contributed by atoms with Crippen LogP contribution in [0.3, 0.4) is 0 Å². The van der Waals surface area contributed by atoms with Crippen molar-refractivity contribution in [3.05, 3.63) is 54.3 Å². The quantitative estimate of drug-likeness (QED) is 0.131. The first-order chi connectivity index (χ1) is 26.0. The zero-order valence-corrected chi connectivity index (χ0v) is 30.9. The molecule has 0 saturated carbocycles. The van der Waals surface area contributed by atoms with E-state index in [2.05, 4.69) is 6.58 Å². The molecule has 0 aromatic heterocycles. The van der Waals surface area contributed by atoms with Gasteiger partial charge in [0.2, 0.25) is 12.6 Å². The summed E-state index contributed by atoms with van der Waals surface area (Å²) in [5, 5.41) is 19.9. The molecule has 0 radical (unpaired) electrons. The normalized spacial score (nSPS) is 27.8. The summed E-state index contributed by atoms with van der Waals surface area (Å²) in [6, 6.07) is 6.40. The lowest BCUT2D eigenvalue weighted by Crippen LogP contribution is -2.63. The molecule has 17 nitrogen and oxygen atoms in total. The Morgan fingerprint density at radius 1 is 0.873 bits per heavy atom. The highest BCUT2D eigenvalue weighted by Crippen LogP contribution is 2.42. The van der Waals surface area contributed by atoms with E-state index in [-0.39, 0.29) is 49.2 Å². The number of Topliss-reactive ketones (excluding diaryl/α,β-unsaturated/α-hetero) is 2. The van der Waals surface area contributed by atoms with Crippen molar-refractivity contribution in [2.24, 2.45) is 11.8 Å². The summed E-state index contributed by atoms with van der Waals surface area (Å²) in [5.74, 6) is -5.95. The van der Waals surface area contributed by atoms with Crippen molar-refractivity contribution in [3.63, 3.8) is 0 Å². The van der Waals surface area contributed by atoms with Crippen LogP contribution in [0.4, 0.5) is 0 Å². The van der Waals surface area contributed by atoms with Gasteiger partial charge in [-0.15, -0.1) is 6.58 Å². The van der Waals surface area contributed by atoms with Gasteiger partial charge in [0, 0.05) is 65.2 Å². The Morgan fingerprint density at radius 3 is 2.11 bits per heavy atom. The molecule has 3 heterocycles. The molecule has 2 fully saturated rings. The largest absolute Gasteiger partial charge is 0.508 e. The van der Waals surface area contributed by atoms with Crippen molar-refractivity contribution in [2.75, 3.05) is 6.61 Å². The van der Waals surface area contributed by atoms with Crippen LogP contribution in [0.1, 0.15) is 65.4 Å². The van der Waals surface area contributed by atoms with Crippen LogP contribution < -0.4 is 0 Å². The summed E-state index contributed by atoms with van der Waals surface area (Å²) >= 11 is 0. The first kappa shape index (κ1) is 42.6. The van der Waals surface area contributed by atoms with Crippen LogP contribution in [0, 0.1) is 11.8 Å². The Bertz CT molecular complexity index is 1630. The predicted molar refractivity (Wildman–Crippen MR) is 184 cm³/mol. The van der Waals surface area contributed by atoms with Gasteiger partial charge in [-0.3, -0.25) is 28.8 Å². The molecular formula is C38H46O17. The number of ketones is 2. The van der Waals surface area contributed by atoms with Gasteiger partial charge in [0.15, 0.2) is 18.3 Å². The second-order valence-corrected chi connectivity index (χ2v) is 13.5. The molecule has 2 saturated heterocycles. The SMILES string of the molecule is C=C[C@H]1[C@H](O[C@@H]2O[C@H](COC(C)=O)[C@@H](OC(C)=O)[C@H](OC(C)=O)[C@H]2OC(C)=O)OC=C2C(=O)O[C@@H](CC(=O)C[C@@H](O)CC(=O)CCc3ccc(O)cc3)C[C@H]21. The number of rotatable bonds is 17. The molecule has 3 aliphatic rings. The number of aliphatic hydroxyl groups excluding tert-OH is 1. The van der Waals surface area contributed by atoms with Crippen molar-refractivity contribution < 1.29 is 81.7 Å². The average molecular weight is 775 g/mol. The fourth-order valence-corrected chi connectivity index (χ4v) is 6.69. The Balaban J connectivity index is 1.45. The molecule has 3 aliphatic heterocycles. The van der Waals surface area contributed by atoms with Crippen LogP contribution >= 0.6 is 0 Å². The fourth-order valence-electron chi connectivity index (χ4n) is 6.69. The summed E-state index contributed by atoms with van der Waals surface area (Å²) in [4.78, 5) is 86.8. The first-order valence-electron chi connectivity index (χ1n) is 17.7. The van der Waals surface area contributed by atoms with Crippen LogP contribution in [0.15, 0.2) is 48.8 Å². The molecular weight excluding hydrogens is 728 g/mol. The molecule has 0 spiro atoms. The fraction of sp³-hybridized carbons (Fsp3) is 0.553. The van der Waals surface area contributed by atoms with Gasteiger partial charge >= 0.3 is 29.8 Å². The van der Waals surface area contributed by atoms with E-state index in [1.807, 2.05) is 0 Å². The van der Waals surface area contributed by atoms with E-state index < -0.39 is 103 Å². The number of phenols is 1. The lowest BCUT2D eigenvalue weighted by atomic mass is 9.78. The highest BCUT2D eigenvalue weighted by molar-refractivity contribution is 5.90. The number of ether oxygens (including phenoxy) is 8. The van der Waals surface area contributed by atoms with Crippen LogP contribution in [-0.4, -0.2) is 107 Å². The number of aryl methyl sites for hydroxylation is 1. The van der Waals surface area contributed by atoms with E-state index in [0.717, 1.165) is 39.5 Å². The third-order valence-electron chi connectivity index (χ3n) is 9.03. The maximum atomic E-state index is 13.1. The van der Waals surface area contributed by atoms with Crippen molar-refractivity contribution in [3.8, 4) is 5.75 Å². The number of esters is 5. The van der Waals surface area contributed by atoms with Crippen molar-refractivity contribution in [1.29, 1.82) is 0 Å². The van der Waals surface area contributed by atoms with Gasteiger partial charge in [-0.05, 0) is 30.5 Å². The highest BCUT2D eigenvalue weighted by Gasteiger charge is 2.55. The van der Waals surface area contributed by atoms with Gasteiger partial charge in [0.05, 0.1) is 17.9 Å². The number of hydrogen-bond acceptors (Lipinski definition) is 17. The minimum absolute atomic E-state index is 0.105. The Morgan fingerprint density at radius 2 is 1.49 bits per heavy atom. The van der Waals surface area contributed by atoms with Gasteiger partial charge in [-0.2, -0.15) is 0 Å². The summed E-state index contributed by atoms with van der Waals surface area (Å²) < 4.78 is 44.9. The number of phenolic OH excluding ortho intramolecular Hbond substituents is 1. The standard InChI is InChI=1S/C38H46O17/c1-6-29-30-16-28(15-27(46)14-26(45)13-25(44)12-9-23-7-10-24(43)11-8-23)53-36(47)31(30)17-49-37(29)55-38-35(52-22(5)42)34(51-21(4)41)33(50-20(3)40)32(54-38)18-48-19(2)39/h6-8,10-11,17,26,28-30,32-35,37-38,43,45H,1,9,12-16,18H2,2-5H3/t26-,28-,29+,30-,32+,33+,34-,35+,37-,38-/m0/s1. The lowest BCUT2D eigenvalue weighted by Gasteiger charge is -2.46. The van der Waals surface area contributed by atoms with Crippen LogP contribution in [0.2, 0.25) is 0 Å². The van der Waals surface area contributed by atoms with Gasteiger partial charge < -0.3 is 48.1 Å². The zero-order chi connectivity index (χ0) is 40.4. The second kappa shape index (κ2) is 19.5. The van der Waals surface area contributed by atoms with Crippen molar-refractivity contribution >= 4 is 41.4 Å². The van der Waals surface area contributed by atoms with E-state index in [9.17, 15) is 43.8 Å². The zero-order valence-electron chi connectivity index (χ0n) is 30.9. The van der Waals surface area contributed by atoms with Gasteiger partial charge in [0.25, 0.3) is 0 Å². The molecule has 10 atom stereocenters. The minimum Gasteiger partial charge on any atom is -0.508 e. The number of carbonyl (C=O) groups is 7. The maximum absolute atomic E-state index is 13.1. The number of aliphatic hydroxyl groups is 1. The number of fused-ring (bicyclic) bond motifs is 1. The predicted octanol–water partition coefficient (Wildman–Crippen LogP) is 2.07. The smallest absolute Gasteiger partial charge is 0.337 e. The minimum atomic E-state index is -1.58. The second-order valence-electron chi connectivity index (χ2n) is 13.5. The summed E-state index contributed by atoms with van der Waals surface area (Å²) in [5.41, 5.74) is 0.968.